The number of halogens is 1. The molecular formula is C18H26BrN5O4S. The number of sulfonamides is 1. The minimum Gasteiger partial charge on any atom is -0.396 e. The maximum atomic E-state index is 12.2. The van der Waals surface area contributed by atoms with Crippen LogP contribution < -0.4 is 15.4 Å². The van der Waals surface area contributed by atoms with E-state index in [-0.39, 0.29) is 36.6 Å². The van der Waals surface area contributed by atoms with Crippen LogP contribution >= 0.6 is 15.9 Å². The van der Waals surface area contributed by atoms with Gasteiger partial charge in [0.2, 0.25) is 16.0 Å². The maximum Gasteiger partial charge on any atom is 0.240 e. The second-order valence-corrected chi connectivity index (χ2v) is 9.31. The van der Waals surface area contributed by atoms with Gasteiger partial charge >= 0.3 is 0 Å². The first kappa shape index (κ1) is 23.5. The van der Waals surface area contributed by atoms with Gasteiger partial charge in [-0.2, -0.15) is 4.98 Å². The topological polar surface area (TPSA) is 136 Å². The molecule has 0 spiro atoms. The van der Waals surface area contributed by atoms with Gasteiger partial charge in [0, 0.05) is 25.0 Å². The summed E-state index contributed by atoms with van der Waals surface area (Å²) >= 11 is 3.39. The molecule has 0 unspecified atom stereocenters. The second kappa shape index (κ2) is 10.8. The van der Waals surface area contributed by atoms with Crippen molar-refractivity contribution in [2.75, 3.05) is 30.4 Å². The Hall–Kier alpha value is -1.79. The van der Waals surface area contributed by atoms with Crippen LogP contribution in [0.2, 0.25) is 0 Å². The van der Waals surface area contributed by atoms with Crippen LogP contribution in [-0.4, -0.2) is 54.4 Å². The average Bonchev–Trinajstić information content (AvgIpc) is 2.68. The predicted octanol–water partition coefficient (Wildman–Crippen LogP) is 2.07. The van der Waals surface area contributed by atoms with E-state index in [1.165, 1.54) is 12.1 Å². The fourth-order valence-electron chi connectivity index (χ4n) is 2.34. The van der Waals surface area contributed by atoms with E-state index in [0.717, 1.165) is 0 Å². The van der Waals surface area contributed by atoms with Crippen LogP contribution in [0.5, 0.6) is 0 Å². The maximum absolute atomic E-state index is 12.2. The van der Waals surface area contributed by atoms with E-state index >= 15 is 0 Å². The van der Waals surface area contributed by atoms with E-state index in [0.29, 0.717) is 28.3 Å². The molecule has 1 atom stereocenters. The van der Waals surface area contributed by atoms with Crippen LogP contribution in [0.1, 0.15) is 20.3 Å². The third-order valence-electron chi connectivity index (χ3n) is 4.12. The summed E-state index contributed by atoms with van der Waals surface area (Å²) in [5.41, 5.74) is 0.621. The van der Waals surface area contributed by atoms with Crippen molar-refractivity contribution in [1.29, 1.82) is 0 Å². The van der Waals surface area contributed by atoms with E-state index in [9.17, 15) is 13.5 Å². The highest BCUT2D eigenvalue weighted by atomic mass is 79.9. The Labute approximate surface area is 179 Å². The standard InChI is InChI=1S/C18H26BrN5O4S/c1-12(2)16(11-26)23-17-15(19)10-20-18(24-17)22-13-4-6-14(7-5-13)29(27,28)21-8-3-9-25/h4-7,10,12,16,21,25-26H,3,8-9,11H2,1-2H3,(H2,20,22,23,24)/t16-/m0/s1. The summed E-state index contributed by atoms with van der Waals surface area (Å²) < 4.78 is 27.4. The van der Waals surface area contributed by atoms with E-state index in [2.05, 4.69) is 41.3 Å². The molecule has 1 aromatic carbocycles. The van der Waals surface area contributed by atoms with Crippen molar-refractivity contribution in [2.45, 2.75) is 31.2 Å². The minimum absolute atomic E-state index is 0.0286. The van der Waals surface area contributed by atoms with Crippen molar-refractivity contribution in [1.82, 2.24) is 14.7 Å². The first-order chi connectivity index (χ1) is 13.8. The number of nitrogens with zero attached hydrogens (tertiary/aromatic N) is 2. The van der Waals surface area contributed by atoms with Gasteiger partial charge in [-0.15, -0.1) is 0 Å². The molecule has 29 heavy (non-hydrogen) atoms. The summed E-state index contributed by atoms with van der Waals surface area (Å²) in [5, 5.41) is 24.5. The molecule has 0 saturated carbocycles. The highest BCUT2D eigenvalue weighted by molar-refractivity contribution is 9.10. The molecule has 11 heteroatoms. The zero-order chi connectivity index (χ0) is 21.4. The molecule has 2 rings (SSSR count). The number of hydrogen-bond acceptors (Lipinski definition) is 8. The number of aromatic nitrogens is 2. The summed E-state index contributed by atoms with van der Waals surface area (Å²) in [6, 6.07) is 6.02. The number of hydrogen-bond donors (Lipinski definition) is 5. The number of benzene rings is 1. The fraction of sp³-hybridized carbons (Fsp3) is 0.444. The quantitative estimate of drug-likeness (QED) is 0.303. The van der Waals surface area contributed by atoms with E-state index in [4.69, 9.17) is 5.11 Å². The Morgan fingerprint density at radius 2 is 1.86 bits per heavy atom. The minimum atomic E-state index is -3.62. The van der Waals surface area contributed by atoms with Crippen LogP contribution in [-0.2, 0) is 10.0 Å². The molecule has 0 fully saturated rings. The predicted molar refractivity (Wildman–Crippen MR) is 116 cm³/mol. The van der Waals surface area contributed by atoms with Crippen LogP contribution in [0.25, 0.3) is 0 Å². The van der Waals surface area contributed by atoms with E-state index in [1.807, 2.05) is 13.8 Å². The highest BCUT2D eigenvalue weighted by Gasteiger charge is 2.16. The van der Waals surface area contributed by atoms with Gasteiger partial charge in [-0.25, -0.2) is 18.1 Å². The molecule has 0 aliphatic carbocycles. The van der Waals surface area contributed by atoms with Crippen LogP contribution in [0.4, 0.5) is 17.5 Å². The lowest BCUT2D eigenvalue weighted by Gasteiger charge is -2.21. The molecule has 1 heterocycles. The lowest BCUT2D eigenvalue weighted by atomic mass is 10.1. The van der Waals surface area contributed by atoms with Gasteiger partial charge in [0.1, 0.15) is 5.82 Å². The summed E-state index contributed by atoms with van der Waals surface area (Å²) in [6.45, 7) is 4.06. The number of rotatable bonds is 11. The molecule has 0 aliphatic rings. The first-order valence-corrected chi connectivity index (χ1v) is 11.4. The number of anilines is 3. The fourth-order valence-corrected chi connectivity index (χ4v) is 3.72. The van der Waals surface area contributed by atoms with Crippen LogP contribution in [0, 0.1) is 5.92 Å². The third kappa shape index (κ3) is 6.89. The number of nitrogens with one attached hydrogen (secondary N) is 3. The molecule has 2 aromatic rings. The Morgan fingerprint density at radius 1 is 1.17 bits per heavy atom. The smallest absolute Gasteiger partial charge is 0.240 e. The normalized spacial score (nSPS) is 12.8. The lowest BCUT2D eigenvalue weighted by molar-refractivity contribution is 0.249. The molecule has 160 valence electrons. The highest BCUT2D eigenvalue weighted by Crippen LogP contribution is 2.24. The zero-order valence-corrected chi connectivity index (χ0v) is 18.7. The van der Waals surface area contributed by atoms with E-state index < -0.39 is 10.0 Å². The molecule has 0 radical (unpaired) electrons. The molecule has 9 nitrogen and oxygen atoms in total. The van der Waals surface area contributed by atoms with Gasteiger partial charge in [0.15, 0.2) is 0 Å². The Morgan fingerprint density at radius 3 is 2.45 bits per heavy atom. The average molecular weight is 488 g/mol. The molecule has 0 amide bonds. The van der Waals surface area contributed by atoms with Gasteiger partial charge < -0.3 is 20.8 Å². The van der Waals surface area contributed by atoms with Gasteiger partial charge in [0.05, 0.1) is 22.0 Å². The van der Waals surface area contributed by atoms with Crippen LogP contribution in [0.3, 0.4) is 0 Å². The zero-order valence-electron chi connectivity index (χ0n) is 16.3. The molecule has 0 saturated heterocycles. The Kier molecular flexibility index (Phi) is 8.78. The Bertz CT molecular complexity index is 894. The van der Waals surface area contributed by atoms with Crippen LogP contribution in [0.15, 0.2) is 39.8 Å². The van der Waals surface area contributed by atoms with Gasteiger partial charge in [0.25, 0.3) is 0 Å². The Balaban J connectivity index is 2.11. The summed E-state index contributed by atoms with van der Waals surface area (Å²) in [4.78, 5) is 8.75. The number of aliphatic hydroxyl groups is 2. The molecule has 1 aromatic heterocycles. The molecular weight excluding hydrogens is 462 g/mol. The SMILES string of the molecule is CC(C)[C@H](CO)Nc1nc(Nc2ccc(S(=O)(=O)NCCCO)cc2)ncc1Br. The number of aliphatic hydroxyl groups excluding tert-OH is 2. The van der Waals surface area contributed by atoms with Gasteiger partial charge in [-0.3, -0.25) is 0 Å². The largest absolute Gasteiger partial charge is 0.396 e. The second-order valence-electron chi connectivity index (χ2n) is 6.69. The van der Waals surface area contributed by atoms with Crippen molar-refractivity contribution in [3.05, 3.63) is 34.9 Å². The first-order valence-electron chi connectivity index (χ1n) is 9.14. The summed E-state index contributed by atoms with van der Waals surface area (Å²) in [6.07, 6.45) is 1.94. The van der Waals surface area contributed by atoms with Crippen molar-refractivity contribution in [3.8, 4) is 0 Å². The van der Waals surface area contributed by atoms with E-state index in [1.54, 1.807) is 18.3 Å². The monoisotopic (exact) mass is 487 g/mol. The van der Waals surface area contributed by atoms with Crippen molar-refractivity contribution in [3.63, 3.8) is 0 Å². The van der Waals surface area contributed by atoms with Gasteiger partial charge in [-0.05, 0) is 52.5 Å². The lowest BCUT2D eigenvalue weighted by Crippen LogP contribution is -2.30. The molecule has 0 aliphatic heterocycles. The molecule has 5 N–H and O–H groups in total. The summed E-state index contributed by atoms with van der Waals surface area (Å²) in [7, 11) is -3.62. The van der Waals surface area contributed by atoms with Crippen molar-refractivity contribution >= 4 is 43.4 Å². The third-order valence-corrected chi connectivity index (χ3v) is 6.17. The van der Waals surface area contributed by atoms with Crippen molar-refractivity contribution in [2.24, 2.45) is 5.92 Å². The molecule has 0 bridgehead atoms. The summed E-state index contributed by atoms with van der Waals surface area (Å²) in [5.74, 6) is 1.08. The van der Waals surface area contributed by atoms with Crippen molar-refractivity contribution < 1.29 is 18.6 Å². The van der Waals surface area contributed by atoms with Gasteiger partial charge in [-0.1, -0.05) is 13.8 Å².